The van der Waals surface area contributed by atoms with Crippen LogP contribution in [0.3, 0.4) is 0 Å². The van der Waals surface area contributed by atoms with Crippen molar-refractivity contribution in [2.75, 3.05) is 24.5 Å². The zero-order valence-corrected chi connectivity index (χ0v) is 14.4. The van der Waals surface area contributed by atoms with E-state index >= 15 is 0 Å². The van der Waals surface area contributed by atoms with Gasteiger partial charge in [-0.2, -0.15) is 0 Å². The van der Waals surface area contributed by atoms with Gasteiger partial charge in [0, 0.05) is 48.1 Å². The molecule has 2 aromatic heterocycles. The monoisotopic (exact) mass is 380 g/mol. The SMILES string of the molecule is O=C(NC[C@@H]1CCCN(c2nccs2)C1)c1cncc(Br)c1. The molecule has 1 atom stereocenters. The molecule has 0 radical (unpaired) electrons. The van der Waals surface area contributed by atoms with Crippen LogP contribution in [0.15, 0.2) is 34.5 Å². The number of pyridine rings is 1. The van der Waals surface area contributed by atoms with Crippen molar-refractivity contribution >= 4 is 38.3 Å². The van der Waals surface area contributed by atoms with Gasteiger partial charge in [-0.1, -0.05) is 0 Å². The normalized spacial score (nSPS) is 18.2. The molecule has 116 valence electrons. The number of anilines is 1. The first-order chi connectivity index (χ1) is 10.7. The Morgan fingerprint density at radius 1 is 1.50 bits per heavy atom. The van der Waals surface area contributed by atoms with Crippen LogP contribution in [0.4, 0.5) is 5.13 Å². The van der Waals surface area contributed by atoms with Gasteiger partial charge in [-0.3, -0.25) is 9.78 Å². The van der Waals surface area contributed by atoms with Crippen molar-refractivity contribution in [2.45, 2.75) is 12.8 Å². The number of hydrogen-bond donors (Lipinski definition) is 1. The Kier molecular flexibility index (Phi) is 5.04. The average molecular weight is 381 g/mol. The number of piperidine rings is 1. The number of carbonyl (C=O) groups excluding carboxylic acids is 1. The number of amides is 1. The van der Waals surface area contributed by atoms with E-state index in [1.54, 1.807) is 29.8 Å². The highest BCUT2D eigenvalue weighted by atomic mass is 79.9. The smallest absolute Gasteiger partial charge is 0.252 e. The molecule has 1 N–H and O–H groups in total. The fourth-order valence-electron chi connectivity index (χ4n) is 2.65. The van der Waals surface area contributed by atoms with Gasteiger partial charge in [0.2, 0.25) is 0 Å². The van der Waals surface area contributed by atoms with Crippen LogP contribution in [0.5, 0.6) is 0 Å². The second kappa shape index (κ2) is 7.19. The molecule has 0 unspecified atom stereocenters. The lowest BCUT2D eigenvalue weighted by molar-refractivity contribution is 0.0945. The first-order valence-corrected chi connectivity index (χ1v) is 8.93. The van der Waals surface area contributed by atoms with Crippen molar-refractivity contribution in [1.82, 2.24) is 15.3 Å². The molecule has 0 aromatic carbocycles. The highest BCUT2D eigenvalue weighted by Gasteiger charge is 2.22. The molecule has 1 aliphatic rings. The van der Waals surface area contributed by atoms with Gasteiger partial charge in [0.15, 0.2) is 5.13 Å². The molecular formula is C15H17BrN4OS. The maximum Gasteiger partial charge on any atom is 0.252 e. The highest BCUT2D eigenvalue weighted by Crippen LogP contribution is 2.24. The van der Waals surface area contributed by atoms with Gasteiger partial charge in [-0.25, -0.2) is 4.98 Å². The lowest BCUT2D eigenvalue weighted by Crippen LogP contribution is -2.41. The zero-order chi connectivity index (χ0) is 15.4. The molecule has 2 aromatic rings. The number of nitrogens with one attached hydrogen (secondary N) is 1. The maximum atomic E-state index is 12.2. The Morgan fingerprint density at radius 2 is 2.41 bits per heavy atom. The van der Waals surface area contributed by atoms with E-state index in [-0.39, 0.29) is 5.91 Å². The minimum atomic E-state index is -0.0693. The minimum absolute atomic E-state index is 0.0693. The van der Waals surface area contributed by atoms with E-state index in [4.69, 9.17) is 0 Å². The van der Waals surface area contributed by atoms with Crippen LogP contribution < -0.4 is 10.2 Å². The van der Waals surface area contributed by atoms with Gasteiger partial charge < -0.3 is 10.2 Å². The van der Waals surface area contributed by atoms with Crippen LogP contribution >= 0.6 is 27.3 Å². The van der Waals surface area contributed by atoms with E-state index in [9.17, 15) is 4.79 Å². The maximum absolute atomic E-state index is 12.2. The van der Waals surface area contributed by atoms with Crippen molar-refractivity contribution in [1.29, 1.82) is 0 Å². The molecule has 1 fully saturated rings. The Morgan fingerprint density at radius 3 is 3.18 bits per heavy atom. The summed E-state index contributed by atoms with van der Waals surface area (Å²) in [4.78, 5) is 22.9. The molecule has 0 aliphatic carbocycles. The van der Waals surface area contributed by atoms with Crippen LogP contribution in [0.2, 0.25) is 0 Å². The number of hydrogen-bond acceptors (Lipinski definition) is 5. The zero-order valence-electron chi connectivity index (χ0n) is 12.0. The van der Waals surface area contributed by atoms with Crippen molar-refractivity contribution in [3.63, 3.8) is 0 Å². The van der Waals surface area contributed by atoms with Gasteiger partial charge in [-0.05, 0) is 40.8 Å². The van der Waals surface area contributed by atoms with Crippen LogP contribution in [-0.2, 0) is 0 Å². The molecule has 0 bridgehead atoms. The molecule has 0 saturated carbocycles. The molecule has 22 heavy (non-hydrogen) atoms. The Hall–Kier alpha value is -1.47. The van der Waals surface area contributed by atoms with Crippen molar-refractivity contribution in [2.24, 2.45) is 5.92 Å². The summed E-state index contributed by atoms with van der Waals surface area (Å²) < 4.78 is 0.813. The standard InChI is InChI=1S/C15H17BrN4OS/c16-13-6-12(8-17-9-13)14(21)19-7-11-2-1-4-20(10-11)15-18-3-5-22-15/h3,5-6,8-9,11H,1-2,4,7,10H2,(H,19,21)/t11-/m0/s1. The highest BCUT2D eigenvalue weighted by molar-refractivity contribution is 9.10. The number of nitrogens with zero attached hydrogens (tertiary/aromatic N) is 3. The molecule has 0 spiro atoms. The lowest BCUT2D eigenvalue weighted by atomic mass is 9.98. The topological polar surface area (TPSA) is 58.1 Å². The summed E-state index contributed by atoms with van der Waals surface area (Å²) in [6.07, 6.45) is 7.37. The van der Waals surface area contributed by atoms with Crippen LogP contribution in [0.25, 0.3) is 0 Å². The van der Waals surface area contributed by atoms with Gasteiger partial charge >= 0.3 is 0 Å². The second-order valence-corrected chi connectivity index (χ2v) is 7.16. The first kappa shape index (κ1) is 15.4. The Balaban J connectivity index is 1.54. The first-order valence-electron chi connectivity index (χ1n) is 7.25. The summed E-state index contributed by atoms with van der Waals surface area (Å²) >= 11 is 5.00. The number of aromatic nitrogens is 2. The number of rotatable bonds is 4. The summed E-state index contributed by atoms with van der Waals surface area (Å²) in [6, 6.07) is 1.78. The summed E-state index contributed by atoms with van der Waals surface area (Å²) in [5, 5.41) is 6.10. The molecule has 3 heterocycles. The lowest BCUT2D eigenvalue weighted by Gasteiger charge is -2.32. The van der Waals surface area contributed by atoms with Crippen molar-refractivity contribution in [3.8, 4) is 0 Å². The Labute approximate surface area is 141 Å². The van der Waals surface area contributed by atoms with Gasteiger partial charge in [0.05, 0.1) is 5.56 Å². The largest absolute Gasteiger partial charge is 0.352 e. The fraction of sp³-hybridized carbons (Fsp3) is 0.400. The number of carbonyl (C=O) groups is 1. The third-order valence-electron chi connectivity index (χ3n) is 3.73. The molecule has 3 rings (SSSR count). The van der Waals surface area contributed by atoms with E-state index in [1.807, 2.05) is 11.6 Å². The average Bonchev–Trinajstić information content (AvgIpc) is 3.07. The van der Waals surface area contributed by atoms with Crippen LogP contribution in [-0.4, -0.2) is 35.5 Å². The van der Waals surface area contributed by atoms with Crippen LogP contribution in [0.1, 0.15) is 23.2 Å². The molecule has 1 saturated heterocycles. The minimum Gasteiger partial charge on any atom is -0.352 e. The third kappa shape index (κ3) is 3.84. The number of thiazole rings is 1. The van der Waals surface area contributed by atoms with E-state index in [0.717, 1.165) is 35.5 Å². The summed E-state index contributed by atoms with van der Waals surface area (Å²) in [5.41, 5.74) is 0.585. The quantitative estimate of drug-likeness (QED) is 0.885. The van der Waals surface area contributed by atoms with E-state index in [1.165, 1.54) is 0 Å². The third-order valence-corrected chi connectivity index (χ3v) is 4.99. The van der Waals surface area contributed by atoms with Gasteiger partial charge in [-0.15, -0.1) is 11.3 Å². The molecule has 7 heteroatoms. The van der Waals surface area contributed by atoms with Crippen LogP contribution in [0, 0.1) is 5.92 Å². The molecular weight excluding hydrogens is 364 g/mol. The second-order valence-electron chi connectivity index (χ2n) is 5.37. The van der Waals surface area contributed by atoms with E-state index in [0.29, 0.717) is 18.0 Å². The van der Waals surface area contributed by atoms with Gasteiger partial charge in [0.1, 0.15) is 0 Å². The summed E-state index contributed by atoms with van der Waals surface area (Å²) in [6.45, 7) is 2.69. The summed E-state index contributed by atoms with van der Waals surface area (Å²) in [5.74, 6) is 0.391. The summed E-state index contributed by atoms with van der Waals surface area (Å²) in [7, 11) is 0. The molecule has 1 aliphatic heterocycles. The molecule has 5 nitrogen and oxygen atoms in total. The van der Waals surface area contributed by atoms with Crippen molar-refractivity contribution < 1.29 is 4.79 Å². The predicted octanol–water partition coefficient (Wildman–Crippen LogP) is 2.95. The van der Waals surface area contributed by atoms with E-state index < -0.39 is 0 Å². The van der Waals surface area contributed by atoms with Crippen molar-refractivity contribution in [3.05, 3.63) is 40.1 Å². The number of halogens is 1. The van der Waals surface area contributed by atoms with Gasteiger partial charge in [0.25, 0.3) is 5.91 Å². The Bertz CT molecular complexity index is 634. The predicted molar refractivity (Wildman–Crippen MR) is 91.3 cm³/mol. The van der Waals surface area contributed by atoms with E-state index in [2.05, 4.69) is 36.1 Å². The molecule has 1 amide bonds. The fourth-order valence-corrected chi connectivity index (χ4v) is 3.70.